The third-order valence-corrected chi connectivity index (χ3v) is 5.34. The Balaban J connectivity index is 0.000000409. The lowest BCUT2D eigenvalue weighted by Gasteiger charge is -2.25. The van der Waals surface area contributed by atoms with Crippen LogP contribution in [0.25, 0.3) is 0 Å². The minimum atomic E-state index is 0.487. The highest BCUT2D eigenvalue weighted by molar-refractivity contribution is 7.75. The Kier molecular flexibility index (Phi) is 15.1. The molecule has 2 N–H and O–H groups in total. The van der Waals surface area contributed by atoms with Crippen molar-refractivity contribution < 1.29 is 8.98 Å². The molecule has 5 heteroatoms. The van der Waals surface area contributed by atoms with Crippen molar-refractivity contribution in [1.82, 2.24) is 0 Å². The van der Waals surface area contributed by atoms with Crippen molar-refractivity contribution in [3.05, 3.63) is 52.2 Å². The Labute approximate surface area is 168 Å². The van der Waals surface area contributed by atoms with Crippen LogP contribution in [0.5, 0.6) is 5.75 Å². The van der Waals surface area contributed by atoms with E-state index in [9.17, 15) is 4.79 Å². The standard InChI is InChI=1S/C11H16S.C7H6O2S.C2H6.CH5N/c1-9-4-6-10(7-5-9)11-3-2-8-12-11;8-5-6-3-1-2-4-7(6)9-10;2*1-2/h2-3,8-10H,4-7H2,1H3;1-5,10H;1-2H3;2H2,1H3. The van der Waals surface area contributed by atoms with E-state index in [1.807, 2.05) is 25.2 Å². The number of carbonyl (C=O) groups is 1. The molecule has 3 nitrogen and oxygen atoms in total. The van der Waals surface area contributed by atoms with Crippen LogP contribution in [0.1, 0.15) is 67.6 Å². The van der Waals surface area contributed by atoms with Gasteiger partial charge in [-0.1, -0.05) is 51.8 Å². The maximum absolute atomic E-state index is 10.3. The highest BCUT2D eigenvalue weighted by Gasteiger charge is 2.19. The number of thiol groups is 1. The van der Waals surface area contributed by atoms with E-state index < -0.39 is 0 Å². The summed E-state index contributed by atoms with van der Waals surface area (Å²) in [6.45, 7) is 6.38. The third kappa shape index (κ3) is 8.88. The minimum Gasteiger partial charge on any atom is -0.428 e. The maximum Gasteiger partial charge on any atom is 0.153 e. The molecule has 0 saturated heterocycles. The number of rotatable bonds is 3. The van der Waals surface area contributed by atoms with Gasteiger partial charge in [-0.2, -0.15) is 0 Å². The second-order valence-electron chi connectivity index (χ2n) is 5.72. The first-order valence-corrected chi connectivity index (χ1v) is 10.5. The lowest BCUT2D eigenvalue weighted by Crippen LogP contribution is -2.09. The summed E-state index contributed by atoms with van der Waals surface area (Å²) < 4.78 is 4.60. The average Bonchev–Trinajstić information content (AvgIpc) is 3.27. The Morgan fingerprint density at radius 2 is 1.69 bits per heavy atom. The summed E-state index contributed by atoms with van der Waals surface area (Å²) in [5.41, 5.74) is 5.01. The molecular formula is C21H33NO2S2. The fraction of sp³-hybridized carbons (Fsp3) is 0.476. The zero-order valence-electron chi connectivity index (χ0n) is 16.4. The van der Waals surface area contributed by atoms with Crippen LogP contribution in [0.3, 0.4) is 0 Å². The van der Waals surface area contributed by atoms with Crippen LogP contribution in [0.15, 0.2) is 41.8 Å². The number of hydrogen-bond donors (Lipinski definition) is 2. The van der Waals surface area contributed by atoms with Gasteiger partial charge in [0.25, 0.3) is 0 Å². The van der Waals surface area contributed by atoms with E-state index in [1.165, 1.54) is 32.7 Å². The Morgan fingerprint density at radius 1 is 1.08 bits per heavy atom. The Hall–Kier alpha value is -1.30. The van der Waals surface area contributed by atoms with E-state index in [4.69, 9.17) is 0 Å². The van der Waals surface area contributed by atoms with Gasteiger partial charge < -0.3 is 9.92 Å². The molecule has 146 valence electrons. The van der Waals surface area contributed by atoms with E-state index >= 15 is 0 Å². The summed E-state index contributed by atoms with van der Waals surface area (Å²) in [4.78, 5) is 11.9. The number of para-hydroxylation sites is 1. The SMILES string of the molecule is CC.CC1CCC(c2cccs2)CC1.CN.O=Cc1ccccc1OS. The predicted molar refractivity (Wildman–Crippen MR) is 118 cm³/mol. The van der Waals surface area contributed by atoms with Crippen LogP contribution in [0, 0.1) is 5.92 Å². The molecule has 0 atom stereocenters. The summed E-state index contributed by atoms with van der Waals surface area (Å²) in [7, 11) is 1.50. The van der Waals surface area contributed by atoms with Gasteiger partial charge in [0.1, 0.15) is 5.75 Å². The molecule has 1 saturated carbocycles. The highest BCUT2D eigenvalue weighted by Crippen LogP contribution is 2.37. The number of hydrogen-bond acceptors (Lipinski definition) is 5. The molecular weight excluding hydrogens is 362 g/mol. The minimum absolute atomic E-state index is 0.487. The molecule has 0 radical (unpaired) electrons. The maximum atomic E-state index is 10.3. The molecule has 2 aromatic rings. The van der Waals surface area contributed by atoms with E-state index in [0.717, 1.165) is 18.1 Å². The third-order valence-electron chi connectivity index (χ3n) is 4.11. The molecule has 1 aliphatic carbocycles. The molecule has 1 aliphatic rings. The van der Waals surface area contributed by atoms with Crippen LogP contribution in [0.2, 0.25) is 0 Å². The van der Waals surface area contributed by atoms with Gasteiger partial charge in [0.15, 0.2) is 6.29 Å². The van der Waals surface area contributed by atoms with Gasteiger partial charge in [0.2, 0.25) is 0 Å². The number of nitrogens with two attached hydrogens (primary N) is 1. The summed E-state index contributed by atoms with van der Waals surface area (Å²) in [5.74, 6) is 2.35. The second kappa shape index (κ2) is 15.9. The summed E-state index contributed by atoms with van der Waals surface area (Å²) >= 11 is 5.51. The number of benzene rings is 1. The van der Waals surface area contributed by atoms with Gasteiger partial charge in [0.05, 0.1) is 5.56 Å². The van der Waals surface area contributed by atoms with Crippen LogP contribution in [0.4, 0.5) is 0 Å². The number of carbonyl (C=O) groups excluding carboxylic acids is 1. The molecule has 0 amide bonds. The van der Waals surface area contributed by atoms with Crippen molar-refractivity contribution in [2.45, 2.75) is 52.4 Å². The first-order chi connectivity index (χ1) is 12.7. The predicted octanol–water partition coefficient (Wildman–Crippen LogP) is 6.37. The molecule has 1 aromatic carbocycles. The van der Waals surface area contributed by atoms with Gasteiger partial charge in [-0.25, -0.2) is 0 Å². The molecule has 0 unspecified atom stereocenters. The van der Waals surface area contributed by atoms with Crippen LogP contribution in [-0.4, -0.2) is 13.3 Å². The first kappa shape index (κ1) is 24.7. The van der Waals surface area contributed by atoms with E-state index in [0.29, 0.717) is 11.3 Å². The Bertz CT molecular complexity index is 565. The van der Waals surface area contributed by atoms with Crippen molar-refractivity contribution in [2.75, 3.05) is 7.05 Å². The molecule has 0 aliphatic heterocycles. The average molecular weight is 396 g/mol. The molecule has 3 rings (SSSR count). The molecule has 1 fully saturated rings. The quantitative estimate of drug-likeness (QED) is 0.361. The van der Waals surface area contributed by atoms with Crippen LogP contribution >= 0.6 is 24.2 Å². The molecule has 0 bridgehead atoms. The number of aldehydes is 1. The van der Waals surface area contributed by atoms with Crippen molar-refractivity contribution in [1.29, 1.82) is 0 Å². The van der Waals surface area contributed by atoms with Crippen molar-refractivity contribution in [3.63, 3.8) is 0 Å². The normalized spacial score (nSPS) is 17.9. The summed E-state index contributed by atoms with van der Waals surface area (Å²) in [6, 6.07) is 11.4. The second-order valence-corrected chi connectivity index (χ2v) is 6.88. The first-order valence-electron chi connectivity index (χ1n) is 9.21. The summed E-state index contributed by atoms with van der Waals surface area (Å²) in [6.07, 6.45) is 6.43. The van der Waals surface area contributed by atoms with E-state index in [1.54, 1.807) is 29.1 Å². The van der Waals surface area contributed by atoms with Crippen LogP contribution in [-0.2, 0) is 0 Å². The van der Waals surface area contributed by atoms with Crippen molar-refractivity contribution in [3.8, 4) is 5.75 Å². The van der Waals surface area contributed by atoms with E-state index in [-0.39, 0.29) is 0 Å². The molecule has 1 aromatic heterocycles. The van der Waals surface area contributed by atoms with Crippen molar-refractivity contribution in [2.24, 2.45) is 11.7 Å². The lowest BCUT2D eigenvalue weighted by atomic mass is 9.82. The van der Waals surface area contributed by atoms with Gasteiger partial charge in [-0.3, -0.25) is 4.79 Å². The molecule has 1 heterocycles. The zero-order chi connectivity index (χ0) is 19.8. The molecule has 26 heavy (non-hydrogen) atoms. The van der Waals surface area contributed by atoms with Gasteiger partial charge in [-0.05, 0) is 55.3 Å². The lowest BCUT2D eigenvalue weighted by molar-refractivity contribution is 0.112. The summed E-state index contributed by atoms with van der Waals surface area (Å²) in [5, 5.41) is 2.20. The number of thiophene rings is 1. The topological polar surface area (TPSA) is 52.3 Å². The highest BCUT2D eigenvalue weighted by atomic mass is 32.1. The van der Waals surface area contributed by atoms with E-state index in [2.05, 4.69) is 47.3 Å². The fourth-order valence-electron chi connectivity index (χ4n) is 2.73. The van der Waals surface area contributed by atoms with Crippen LogP contribution < -0.4 is 9.92 Å². The smallest absolute Gasteiger partial charge is 0.153 e. The fourth-order valence-corrected chi connectivity index (χ4v) is 3.80. The van der Waals surface area contributed by atoms with Gasteiger partial charge in [0, 0.05) is 17.8 Å². The monoisotopic (exact) mass is 395 g/mol. The van der Waals surface area contributed by atoms with Crippen molar-refractivity contribution >= 4 is 30.5 Å². The largest absolute Gasteiger partial charge is 0.428 e. The molecule has 0 spiro atoms. The zero-order valence-corrected chi connectivity index (χ0v) is 18.1. The Morgan fingerprint density at radius 3 is 2.15 bits per heavy atom. The van der Waals surface area contributed by atoms with Gasteiger partial charge >= 0.3 is 0 Å². The van der Waals surface area contributed by atoms with Gasteiger partial charge in [-0.15, -0.1) is 11.3 Å².